The highest BCUT2D eigenvalue weighted by molar-refractivity contribution is 7.99. The van der Waals surface area contributed by atoms with Gasteiger partial charge in [-0.05, 0) is 18.2 Å². The van der Waals surface area contributed by atoms with Crippen LogP contribution in [-0.4, -0.2) is 10.1 Å². The zero-order chi connectivity index (χ0) is 14.0. The molecule has 7 heteroatoms. The van der Waals surface area contributed by atoms with E-state index in [1.165, 1.54) is 6.07 Å². The highest BCUT2D eigenvalue weighted by atomic mass is 35.5. The molecule has 2 nitrogen and oxygen atoms in total. The first kappa shape index (κ1) is 14.0. The van der Waals surface area contributed by atoms with E-state index in [-0.39, 0.29) is 15.8 Å². The average Bonchev–Trinajstić information content (AvgIpc) is 2.33. The van der Waals surface area contributed by atoms with E-state index in [2.05, 4.69) is 4.98 Å². The summed E-state index contributed by atoms with van der Waals surface area (Å²) in [7, 11) is 0. The van der Waals surface area contributed by atoms with Gasteiger partial charge in [0.25, 0.3) is 0 Å². The Balaban J connectivity index is 2.30. The summed E-state index contributed by atoms with van der Waals surface area (Å²) in [5.74, 6) is 0.0188. The van der Waals surface area contributed by atoms with Gasteiger partial charge in [-0.2, -0.15) is 13.2 Å². The van der Waals surface area contributed by atoms with Crippen LogP contribution in [0.2, 0.25) is 5.02 Å². The molecule has 1 heterocycles. The lowest BCUT2D eigenvalue weighted by Crippen LogP contribution is -2.05. The number of nitrogens with zero attached hydrogens (tertiary/aromatic N) is 1. The lowest BCUT2D eigenvalue weighted by atomic mass is 10.3. The van der Waals surface area contributed by atoms with Gasteiger partial charge in [0, 0.05) is 6.20 Å². The van der Waals surface area contributed by atoms with Crippen LogP contribution in [0.5, 0.6) is 5.75 Å². The molecule has 0 radical (unpaired) electrons. The zero-order valence-corrected chi connectivity index (χ0v) is 10.9. The molecular weight excluding hydrogens is 299 g/mol. The Hall–Kier alpha value is -1.40. The Morgan fingerprint density at radius 2 is 1.89 bits per heavy atom. The fourth-order valence-electron chi connectivity index (χ4n) is 1.30. The Kier molecular flexibility index (Phi) is 3.91. The van der Waals surface area contributed by atoms with Gasteiger partial charge in [-0.15, -0.1) is 0 Å². The van der Waals surface area contributed by atoms with E-state index in [0.29, 0.717) is 11.1 Å². The molecule has 0 bridgehead atoms. The summed E-state index contributed by atoms with van der Waals surface area (Å²) in [6, 6.07) is 7.24. The number of aromatic nitrogens is 1. The highest BCUT2D eigenvalue weighted by Crippen LogP contribution is 2.38. The van der Waals surface area contributed by atoms with Crippen molar-refractivity contribution >= 4 is 23.4 Å². The van der Waals surface area contributed by atoms with Gasteiger partial charge >= 0.3 is 6.18 Å². The van der Waals surface area contributed by atoms with Gasteiger partial charge in [-0.25, -0.2) is 4.98 Å². The van der Waals surface area contributed by atoms with Crippen molar-refractivity contribution in [1.29, 1.82) is 0 Å². The van der Waals surface area contributed by atoms with E-state index < -0.39 is 11.7 Å². The Bertz CT molecular complexity index is 604. The van der Waals surface area contributed by atoms with Gasteiger partial charge in [0.2, 0.25) is 0 Å². The van der Waals surface area contributed by atoms with Gasteiger partial charge in [-0.1, -0.05) is 35.5 Å². The lowest BCUT2D eigenvalue weighted by molar-refractivity contribution is -0.137. The molecule has 0 saturated heterocycles. The molecule has 1 aromatic carbocycles. The van der Waals surface area contributed by atoms with Crippen molar-refractivity contribution in [3.05, 3.63) is 47.1 Å². The Morgan fingerprint density at radius 1 is 1.21 bits per heavy atom. The van der Waals surface area contributed by atoms with E-state index in [9.17, 15) is 18.3 Å². The number of benzene rings is 1. The van der Waals surface area contributed by atoms with E-state index >= 15 is 0 Å². The number of aromatic hydroxyl groups is 1. The molecular formula is C12H7ClF3NOS. The molecule has 100 valence electrons. The maximum absolute atomic E-state index is 12.4. The number of phenols is 1. The number of para-hydroxylation sites is 1. The summed E-state index contributed by atoms with van der Waals surface area (Å²) in [6.07, 6.45) is -3.76. The summed E-state index contributed by atoms with van der Waals surface area (Å²) in [5, 5.41) is 9.67. The number of rotatable bonds is 2. The largest absolute Gasteiger partial charge is 0.507 e. The second kappa shape index (κ2) is 5.30. The predicted octanol–water partition coefficient (Wildman–Crippen LogP) is 4.61. The summed E-state index contributed by atoms with van der Waals surface area (Å²) < 4.78 is 37.3. The number of pyridine rings is 1. The van der Waals surface area contributed by atoms with Crippen LogP contribution in [-0.2, 0) is 6.18 Å². The molecule has 0 fully saturated rings. The van der Waals surface area contributed by atoms with E-state index in [1.54, 1.807) is 18.2 Å². The number of halogens is 4. The first-order valence-electron chi connectivity index (χ1n) is 5.06. The van der Waals surface area contributed by atoms with Gasteiger partial charge < -0.3 is 5.11 Å². The third-order valence-electron chi connectivity index (χ3n) is 2.21. The minimum atomic E-state index is -4.48. The van der Waals surface area contributed by atoms with Crippen LogP contribution >= 0.6 is 23.4 Å². The van der Waals surface area contributed by atoms with Crippen molar-refractivity contribution in [3.63, 3.8) is 0 Å². The second-order valence-corrected chi connectivity index (χ2v) is 5.02. The maximum atomic E-state index is 12.4. The summed E-state index contributed by atoms with van der Waals surface area (Å²) in [6.45, 7) is 0. The number of hydrogen-bond acceptors (Lipinski definition) is 3. The summed E-state index contributed by atoms with van der Waals surface area (Å²) in [4.78, 5) is 4.15. The van der Waals surface area contributed by atoms with Crippen molar-refractivity contribution in [2.24, 2.45) is 0 Å². The zero-order valence-electron chi connectivity index (χ0n) is 9.28. The van der Waals surface area contributed by atoms with Crippen LogP contribution in [0.4, 0.5) is 13.2 Å². The first-order valence-corrected chi connectivity index (χ1v) is 6.26. The summed E-state index contributed by atoms with van der Waals surface area (Å²) >= 11 is 6.77. The normalized spacial score (nSPS) is 11.6. The van der Waals surface area contributed by atoms with Crippen LogP contribution in [0, 0.1) is 0 Å². The van der Waals surface area contributed by atoms with E-state index in [0.717, 1.165) is 17.8 Å². The van der Waals surface area contributed by atoms with Crippen LogP contribution in [0.25, 0.3) is 0 Å². The minimum absolute atomic E-state index is 0.0188. The SMILES string of the molecule is Oc1ccccc1Sc1ncc(C(F)(F)F)cc1Cl. The highest BCUT2D eigenvalue weighted by Gasteiger charge is 2.31. The second-order valence-electron chi connectivity index (χ2n) is 3.58. The number of phenolic OH excluding ortho intramolecular Hbond substituents is 1. The summed E-state index contributed by atoms with van der Waals surface area (Å²) in [5.41, 5.74) is -0.904. The van der Waals surface area contributed by atoms with Crippen molar-refractivity contribution in [2.75, 3.05) is 0 Å². The quantitative estimate of drug-likeness (QED) is 0.879. The van der Waals surface area contributed by atoms with Crippen LogP contribution in [0.3, 0.4) is 0 Å². The Morgan fingerprint density at radius 3 is 2.47 bits per heavy atom. The average molecular weight is 306 g/mol. The topological polar surface area (TPSA) is 33.1 Å². The van der Waals surface area contributed by atoms with Crippen molar-refractivity contribution < 1.29 is 18.3 Å². The van der Waals surface area contributed by atoms with Gasteiger partial charge in [-0.3, -0.25) is 0 Å². The van der Waals surface area contributed by atoms with Gasteiger partial charge in [0.1, 0.15) is 10.8 Å². The van der Waals surface area contributed by atoms with Crippen LogP contribution in [0.15, 0.2) is 46.5 Å². The molecule has 19 heavy (non-hydrogen) atoms. The molecule has 2 rings (SSSR count). The molecule has 1 aromatic heterocycles. The third-order valence-corrected chi connectivity index (χ3v) is 3.69. The smallest absolute Gasteiger partial charge is 0.417 e. The van der Waals surface area contributed by atoms with Crippen LogP contribution in [0.1, 0.15) is 5.56 Å². The van der Waals surface area contributed by atoms with Crippen molar-refractivity contribution in [3.8, 4) is 5.75 Å². The molecule has 0 aliphatic carbocycles. The fourth-order valence-corrected chi connectivity index (χ4v) is 2.37. The van der Waals surface area contributed by atoms with Crippen molar-refractivity contribution in [1.82, 2.24) is 4.98 Å². The van der Waals surface area contributed by atoms with Crippen molar-refractivity contribution in [2.45, 2.75) is 16.1 Å². The molecule has 0 aliphatic heterocycles. The standard InChI is InChI=1S/C12H7ClF3NOS/c13-8-5-7(12(14,15)16)6-17-11(8)19-10-4-2-1-3-9(10)18/h1-6,18H. The molecule has 0 saturated carbocycles. The predicted molar refractivity (Wildman–Crippen MR) is 66.5 cm³/mol. The number of hydrogen-bond donors (Lipinski definition) is 1. The maximum Gasteiger partial charge on any atom is 0.417 e. The molecule has 0 aliphatic rings. The molecule has 0 atom stereocenters. The Labute approximate surface area is 116 Å². The van der Waals surface area contributed by atoms with E-state index in [1.807, 2.05) is 0 Å². The number of alkyl halides is 3. The van der Waals surface area contributed by atoms with Gasteiger partial charge in [0.15, 0.2) is 0 Å². The molecule has 0 spiro atoms. The van der Waals surface area contributed by atoms with Crippen LogP contribution < -0.4 is 0 Å². The monoisotopic (exact) mass is 305 g/mol. The molecule has 0 unspecified atom stereocenters. The molecule has 2 aromatic rings. The first-order chi connectivity index (χ1) is 8.88. The molecule has 0 amide bonds. The van der Waals surface area contributed by atoms with Gasteiger partial charge in [0.05, 0.1) is 15.5 Å². The molecule has 1 N–H and O–H groups in total. The lowest BCUT2D eigenvalue weighted by Gasteiger charge is -2.09. The third kappa shape index (κ3) is 3.33. The minimum Gasteiger partial charge on any atom is -0.507 e. The van der Waals surface area contributed by atoms with E-state index in [4.69, 9.17) is 11.6 Å². The fraction of sp³-hybridized carbons (Fsp3) is 0.0833.